The Kier molecular flexibility index (Phi) is 2.22. The molecule has 1 aromatic rings. The SMILES string of the molecule is C=Cc1cncc(C(C)(F)F)c1. The minimum atomic E-state index is -2.83. The lowest BCUT2D eigenvalue weighted by Gasteiger charge is -2.09. The zero-order valence-electron chi connectivity index (χ0n) is 6.72. The molecule has 0 bridgehead atoms. The molecule has 1 aromatic heterocycles. The number of nitrogens with zero attached hydrogens (tertiary/aromatic N) is 1. The van der Waals surface area contributed by atoms with Crippen LogP contribution in [0, 0.1) is 0 Å². The Hall–Kier alpha value is -1.25. The number of halogens is 2. The monoisotopic (exact) mass is 169 g/mol. The fourth-order valence-corrected chi connectivity index (χ4v) is 0.809. The van der Waals surface area contributed by atoms with Gasteiger partial charge in [-0.25, -0.2) is 8.78 Å². The van der Waals surface area contributed by atoms with Crippen LogP contribution in [-0.2, 0) is 5.92 Å². The summed E-state index contributed by atoms with van der Waals surface area (Å²) in [5.41, 5.74) is 0.522. The molecule has 1 rings (SSSR count). The summed E-state index contributed by atoms with van der Waals surface area (Å²) < 4.78 is 25.4. The molecule has 1 nitrogen and oxygen atoms in total. The standard InChI is InChI=1S/C9H9F2N/c1-3-7-4-8(6-12-5-7)9(2,10)11/h3-6H,1H2,2H3. The van der Waals surface area contributed by atoms with Crippen molar-refractivity contribution >= 4 is 6.08 Å². The molecule has 0 amide bonds. The van der Waals surface area contributed by atoms with Crippen molar-refractivity contribution in [3.05, 3.63) is 36.2 Å². The molecule has 0 atom stereocenters. The van der Waals surface area contributed by atoms with E-state index < -0.39 is 5.92 Å². The maximum atomic E-state index is 12.7. The van der Waals surface area contributed by atoms with Crippen molar-refractivity contribution in [1.82, 2.24) is 4.98 Å². The number of rotatable bonds is 2. The van der Waals surface area contributed by atoms with Crippen LogP contribution in [0.4, 0.5) is 8.78 Å². The Labute approximate surface area is 69.8 Å². The first-order valence-electron chi connectivity index (χ1n) is 3.50. The highest BCUT2D eigenvalue weighted by molar-refractivity contribution is 5.46. The highest BCUT2D eigenvalue weighted by Gasteiger charge is 2.24. The maximum Gasteiger partial charge on any atom is 0.272 e. The first-order chi connectivity index (χ1) is 5.54. The summed E-state index contributed by atoms with van der Waals surface area (Å²) in [7, 11) is 0. The minimum absolute atomic E-state index is 0.0834. The summed E-state index contributed by atoms with van der Waals surface area (Å²) in [4.78, 5) is 3.67. The van der Waals surface area contributed by atoms with Crippen LogP contribution < -0.4 is 0 Å². The summed E-state index contributed by atoms with van der Waals surface area (Å²) in [5.74, 6) is -2.83. The topological polar surface area (TPSA) is 12.9 Å². The lowest BCUT2D eigenvalue weighted by Crippen LogP contribution is -2.07. The predicted octanol–water partition coefficient (Wildman–Crippen LogP) is 2.84. The third kappa shape index (κ3) is 1.87. The van der Waals surface area contributed by atoms with Crippen LogP contribution in [0.1, 0.15) is 18.1 Å². The second kappa shape index (κ2) is 3.01. The Morgan fingerprint density at radius 1 is 1.50 bits per heavy atom. The minimum Gasteiger partial charge on any atom is -0.264 e. The lowest BCUT2D eigenvalue weighted by molar-refractivity contribution is 0.0171. The van der Waals surface area contributed by atoms with Gasteiger partial charge in [-0.1, -0.05) is 12.7 Å². The molecule has 0 radical (unpaired) electrons. The smallest absolute Gasteiger partial charge is 0.264 e. The Morgan fingerprint density at radius 3 is 2.67 bits per heavy atom. The van der Waals surface area contributed by atoms with Crippen LogP contribution in [-0.4, -0.2) is 4.98 Å². The van der Waals surface area contributed by atoms with Gasteiger partial charge in [-0.3, -0.25) is 4.98 Å². The highest BCUT2D eigenvalue weighted by atomic mass is 19.3. The third-order valence-corrected chi connectivity index (χ3v) is 1.50. The molecule has 3 heteroatoms. The molecule has 0 aromatic carbocycles. The molecule has 0 aliphatic rings. The summed E-state index contributed by atoms with van der Waals surface area (Å²) >= 11 is 0. The summed E-state index contributed by atoms with van der Waals surface area (Å²) in [5, 5.41) is 0. The van der Waals surface area contributed by atoms with Gasteiger partial charge in [-0.2, -0.15) is 0 Å². The van der Waals surface area contributed by atoms with E-state index in [2.05, 4.69) is 11.6 Å². The molecule has 0 spiro atoms. The molecule has 0 N–H and O–H groups in total. The summed E-state index contributed by atoms with van der Waals surface area (Å²) in [6.07, 6.45) is 4.14. The number of alkyl halides is 2. The first-order valence-corrected chi connectivity index (χ1v) is 3.50. The molecule has 0 aliphatic carbocycles. The zero-order valence-corrected chi connectivity index (χ0v) is 6.72. The first kappa shape index (κ1) is 8.84. The van der Waals surface area contributed by atoms with Crippen molar-refractivity contribution < 1.29 is 8.78 Å². The van der Waals surface area contributed by atoms with E-state index in [1.54, 1.807) is 0 Å². The van der Waals surface area contributed by atoms with Gasteiger partial charge in [0.25, 0.3) is 5.92 Å². The second-order valence-corrected chi connectivity index (χ2v) is 2.60. The number of aromatic nitrogens is 1. The van der Waals surface area contributed by atoms with Gasteiger partial charge in [0.15, 0.2) is 0 Å². The van der Waals surface area contributed by atoms with E-state index in [9.17, 15) is 8.78 Å². The van der Waals surface area contributed by atoms with Gasteiger partial charge in [-0.05, 0) is 11.6 Å². The second-order valence-electron chi connectivity index (χ2n) is 2.60. The van der Waals surface area contributed by atoms with Crippen molar-refractivity contribution in [1.29, 1.82) is 0 Å². The van der Waals surface area contributed by atoms with Crippen molar-refractivity contribution in [3.63, 3.8) is 0 Å². The van der Waals surface area contributed by atoms with Gasteiger partial charge < -0.3 is 0 Å². The molecular formula is C9H9F2N. The fourth-order valence-electron chi connectivity index (χ4n) is 0.809. The fraction of sp³-hybridized carbons (Fsp3) is 0.222. The van der Waals surface area contributed by atoms with Gasteiger partial charge in [0, 0.05) is 24.9 Å². The third-order valence-electron chi connectivity index (χ3n) is 1.50. The van der Waals surface area contributed by atoms with Gasteiger partial charge in [0.2, 0.25) is 0 Å². The van der Waals surface area contributed by atoms with Crippen LogP contribution in [0.5, 0.6) is 0 Å². The molecule has 0 aliphatic heterocycles. The highest BCUT2D eigenvalue weighted by Crippen LogP contribution is 2.26. The van der Waals surface area contributed by atoms with Crippen LogP contribution in [0.3, 0.4) is 0 Å². The maximum absolute atomic E-state index is 12.7. The Balaban J connectivity index is 3.10. The molecular weight excluding hydrogens is 160 g/mol. The van der Waals surface area contributed by atoms with Crippen LogP contribution in [0.2, 0.25) is 0 Å². The Morgan fingerprint density at radius 2 is 2.17 bits per heavy atom. The largest absolute Gasteiger partial charge is 0.272 e. The molecule has 0 unspecified atom stereocenters. The van der Waals surface area contributed by atoms with Crippen molar-refractivity contribution in [2.75, 3.05) is 0 Å². The van der Waals surface area contributed by atoms with Crippen LogP contribution >= 0.6 is 0 Å². The lowest BCUT2D eigenvalue weighted by atomic mass is 10.1. The summed E-state index contributed by atoms with van der Waals surface area (Å²) in [6, 6.07) is 1.38. The van der Waals surface area contributed by atoms with E-state index in [1.807, 2.05) is 0 Å². The van der Waals surface area contributed by atoms with Gasteiger partial charge in [-0.15, -0.1) is 0 Å². The van der Waals surface area contributed by atoms with E-state index in [0.717, 1.165) is 13.1 Å². The predicted molar refractivity (Wildman–Crippen MR) is 43.9 cm³/mol. The van der Waals surface area contributed by atoms with E-state index in [4.69, 9.17) is 0 Å². The van der Waals surface area contributed by atoms with Crippen LogP contribution in [0.25, 0.3) is 6.08 Å². The molecule has 1 heterocycles. The van der Waals surface area contributed by atoms with E-state index in [-0.39, 0.29) is 5.56 Å². The van der Waals surface area contributed by atoms with E-state index >= 15 is 0 Å². The molecule has 0 saturated heterocycles. The van der Waals surface area contributed by atoms with Crippen molar-refractivity contribution in [2.24, 2.45) is 0 Å². The average Bonchev–Trinajstić information content (AvgIpc) is 2.03. The van der Waals surface area contributed by atoms with Crippen molar-refractivity contribution in [3.8, 4) is 0 Å². The van der Waals surface area contributed by atoms with Gasteiger partial charge in [0.05, 0.1) is 0 Å². The molecule has 64 valence electrons. The molecule has 12 heavy (non-hydrogen) atoms. The molecule has 0 saturated carbocycles. The quantitative estimate of drug-likeness (QED) is 0.663. The van der Waals surface area contributed by atoms with Gasteiger partial charge >= 0.3 is 0 Å². The Bertz CT molecular complexity index is 289. The number of hydrogen-bond donors (Lipinski definition) is 0. The van der Waals surface area contributed by atoms with Gasteiger partial charge in [0.1, 0.15) is 0 Å². The normalized spacial score (nSPS) is 11.2. The van der Waals surface area contributed by atoms with Crippen LogP contribution in [0.15, 0.2) is 25.0 Å². The zero-order chi connectivity index (χ0) is 9.19. The average molecular weight is 169 g/mol. The van der Waals surface area contributed by atoms with E-state index in [1.165, 1.54) is 18.3 Å². The number of pyridine rings is 1. The summed E-state index contributed by atoms with van der Waals surface area (Å²) in [6.45, 7) is 4.31. The van der Waals surface area contributed by atoms with Crippen molar-refractivity contribution in [2.45, 2.75) is 12.8 Å². The van der Waals surface area contributed by atoms with E-state index in [0.29, 0.717) is 5.56 Å². The molecule has 0 fully saturated rings. The number of hydrogen-bond acceptors (Lipinski definition) is 1.